The van der Waals surface area contributed by atoms with Gasteiger partial charge in [0.25, 0.3) is 0 Å². The summed E-state index contributed by atoms with van der Waals surface area (Å²) < 4.78 is 26.4. The monoisotopic (exact) mass is 311 g/mol. The highest BCUT2D eigenvalue weighted by atomic mass is 19.1. The first-order chi connectivity index (χ1) is 10.4. The standard InChI is InChI=1S/C15H19F2N3O2/c1-19(2)15(22)20-7-3-4-10(9-20)14(21)18-13-6-5-11(16)8-12(13)17/h5-6,8,10H,3-4,7,9H2,1-2H3,(H,18,21). The van der Waals surface area contributed by atoms with Gasteiger partial charge >= 0.3 is 6.03 Å². The third-order valence-electron chi connectivity index (χ3n) is 3.63. The second-order valence-electron chi connectivity index (χ2n) is 5.58. The summed E-state index contributed by atoms with van der Waals surface area (Å²) in [5, 5.41) is 2.46. The van der Waals surface area contributed by atoms with E-state index in [1.165, 1.54) is 11.0 Å². The maximum absolute atomic E-state index is 13.6. The van der Waals surface area contributed by atoms with E-state index in [-0.39, 0.29) is 17.6 Å². The zero-order valence-corrected chi connectivity index (χ0v) is 12.6. The van der Waals surface area contributed by atoms with Gasteiger partial charge in [0.2, 0.25) is 5.91 Å². The van der Waals surface area contributed by atoms with Gasteiger partial charge in [0, 0.05) is 33.3 Å². The highest BCUT2D eigenvalue weighted by molar-refractivity contribution is 5.93. The summed E-state index contributed by atoms with van der Waals surface area (Å²) in [5.41, 5.74) is -0.0533. The first kappa shape index (κ1) is 16.2. The van der Waals surface area contributed by atoms with Crippen LogP contribution in [0.15, 0.2) is 18.2 Å². The first-order valence-electron chi connectivity index (χ1n) is 7.10. The minimum Gasteiger partial charge on any atom is -0.331 e. The number of hydrogen-bond donors (Lipinski definition) is 1. The average Bonchev–Trinajstić information content (AvgIpc) is 2.49. The van der Waals surface area contributed by atoms with Gasteiger partial charge in [-0.15, -0.1) is 0 Å². The van der Waals surface area contributed by atoms with Crippen molar-refractivity contribution in [3.05, 3.63) is 29.8 Å². The van der Waals surface area contributed by atoms with E-state index in [0.717, 1.165) is 12.1 Å². The van der Waals surface area contributed by atoms with E-state index in [0.29, 0.717) is 25.9 Å². The van der Waals surface area contributed by atoms with Crippen LogP contribution in [0.3, 0.4) is 0 Å². The number of likely N-dealkylation sites (tertiary alicyclic amines) is 1. The number of nitrogens with zero attached hydrogens (tertiary/aromatic N) is 2. The lowest BCUT2D eigenvalue weighted by Crippen LogP contribution is -2.47. The predicted molar refractivity (Wildman–Crippen MR) is 78.4 cm³/mol. The van der Waals surface area contributed by atoms with E-state index in [1.807, 2.05) is 0 Å². The number of anilines is 1. The van der Waals surface area contributed by atoms with E-state index in [4.69, 9.17) is 0 Å². The zero-order valence-electron chi connectivity index (χ0n) is 12.6. The molecule has 120 valence electrons. The van der Waals surface area contributed by atoms with Crippen molar-refractivity contribution in [3.8, 4) is 0 Å². The molecule has 1 unspecified atom stereocenters. The number of hydrogen-bond acceptors (Lipinski definition) is 2. The number of amides is 3. The molecule has 0 spiro atoms. The molecule has 7 heteroatoms. The Morgan fingerprint density at radius 1 is 1.32 bits per heavy atom. The second kappa shape index (κ2) is 6.72. The van der Waals surface area contributed by atoms with E-state index in [1.54, 1.807) is 19.0 Å². The Labute approximate surface area is 127 Å². The molecule has 1 heterocycles. The molecule has 0 aliphatic carbocycles. The van der Waals surface area contributed by atoms with Crippen molar-refractivity contribution in [1.29, 1.82) is 0 Å². The van der Waals surface area contributed by atoms with E-state index < -0.39 is 17.6 Å². The van der Waals surface area contributed by atoms with Crippen LogP contribution in [0.4, 0.5) is 19.3 Å². The van der Waals surface area contributed by atoms with Crippen LogP contribution in [0.2, 0.25) is 0 Å². The lowest BCUT2D eigenvalue weighted by atomic mass is 9.97. The molecule has 1 aromatic rings. The Kier molecular flexibility index (Phi) is 4.95. The third kappa shape index (κ3) is 3.72. The Balaban J connectivity index is 2.01. The van der Waals surface area contributed by atoms with Gasteiger partial charge in [0.1, 0.15) is 11.6 Å². The normalized spacial score (nSPS) is 18.0. The lowest BCUT2D eigenvalue weighted by molar-refractivity contribution is -0.121. The van der Waals surface area contributed by atoms with Crippen molar-refractivity contribution >= 4 is 17.6 Å². The molecule has 1 saturated heterocycles. The van der Waals surface area contributed by atoms with Gasteiger partial charge in [0.15, 0.2) is 0 Å². The van der Waals surface area contributed by atoms with Crippen LogP contribution in [0.5, 0.6) is 0 Å². The van der Waals surface area contributed by atoms with Gasteiger partial charge in [-0.2, -0.15) is 0 Å². The van der Waals surface area contributed by atoms with Gasteiger partial charge in [-0.05, 0) is 25.0 Å². The molecule has 1 aliphatic rings. The largest absolute Gasteiger partial charge is 0.331 e. The minimum absolute atomic E-state index is 0.0533. The molecule has 1 aromatic carbocycles. The maximum Gasteiger partial charge on any atom is 0.319 e. The molecule has 3 amide bonds. The van der Waals surface area contributed by atoms with E-state index in [9.17, 15) is 18.4 Å². The fourth-order valence-electron chi connectivity index (χ4n) is 2.47. The number of halogens is 2. The Hall–Kier alpha value is -2.18. The molecule has 22 heavy (non-hydrogen) atoms. The topological polar surface area (TPSA) is 52.7 Å². The number of piperidine rings is 1. The van der Waals surface area contributed by atoms with Crippen molar-refractivity contribution in [2.24, 2.45) is 5.92 Å². The molecular weight excluding hydrogens is 292 g/mol. The number of carbonyl (C=O) groups is 2. The van der Waals surface area contributed by atoms with Crippen molar-refractivity contribution < 1.29 is 18.4 Å². The summed E-state index contributed by atoms with van der Waals surface area (Å²) in [6, 6.07) is 2.85. The molecule has 0 aromatic heterocycles. The van der Waals surface area contributed by atoms with Crippen molar-refractivity contribution in [2.75, 3.05) is 32.5 Å². The second-order valence-corrected chi connectivity index (χ2v) is 5.58. The number of nitrogens with one attached hydrogen (secondary N) is 1. The summed E-state index contributed by atoms with van der Waals surface area (Å²) in [6.45, 7) is 0.900. The number of carbonyl (C=O) groups excluding carboxylic acids is 2. The smallest absolute Gasteiger partial charge is 0.319 e. The highest BCUT2D eigenvalue weighted by Gasteiger charge is 2.29. The van der Waals surface area contributed by atoms with E-state index in [2.05, 4.69) is 5.32 Å². The van der Waals surface area contributed by atoms with Gasteiger partial charge in [-0.3, -0.25) is 4.79 Å². The molecule has 1 N–H and O–H groups in total. The van der Waals surface area contributed by atoms with Crippen molar-refractivity contribution in [3.63, 3.8) is 0 Å². The van der Waals surface area contributed by atoms with Gasteiger partial charge < -0.3 is 15.1 Å². The van der Waals surface area contributed by atoms with Crippen molar-refractivity contribution in [1.82, 2.24) is 9.80 Å². The molecule has 0 radical (unpaired) electrons. The minimum atomic E-state index is -0.814. The van der Waals surface area contributed by atoms with Gasteiger partial charge in [-0.25, -0.2) is 13.6 Å². The van der Waals surface area contributed by atoms with Crippen LogP contribution >= 0.6 is 0 Å². The molecule has 1 aliphatic heterocycles. The van der Waals surface area contributed by atoms with Crippen LogP contribution in [-0.4, -0.2) is 48.9 Å². The highest BCUT2D eigenvalue weighted by Crippen LogP contribution is 2.21. The molecule has 1 fully saturated rings. The van der Waals surface area contributed by atoms with Crippen LogP contribution in [0, 0.1) is 17.6 Å². The zero-order chi connectivity index (χ0) is 16.3. The summed E-state index contributed by atoms with van der Waals surface area (Å²) in [7, 11) is 3.31. The van der Waals surface area contributed by atoms with Crippen molar-refractivity contribution in [2.45, 2.75) is 12.8 Å². The quantitative estimate of drug-likeness (QED) is 0.911. The van der Waals surface area contributed by atoms with Gasteiger partial charge in [-0.1, -0.05) is 0 Å². The Bertz CT molecular complexity index is 578. The SMILES string of the molecule is CN(C)C(=O)N1CCCC(C(=O)Nc2ccc(F)cc2F)C1. The molecule has 2 rings (SSSR count). The molecule has 5 nitrogen and oxygen atoms in total. The van der Waals surface area contributed by atoms with Crippen LogP contribution < -0.4 is 5.32 Å². The predicted octanol–water partition coefficient (Wildman–Crippen LogP) is 2.30. The summed E-state index contributed by atoms with van der Waals surface area (Å²) in [4.78, 5) is 27.2. The maximum atomic E-state index is 13.6. The first-order valence-corrected chi connectivity index (χ1v) is 7.10. The van der Waals surface area contributed by atoms with Crippen LogP contribution in [0.25, 0.3) is 0 Å². The Morgan fingerprint density at radius 3 is 2.68 bits per heavy atom. The molecular formula is C15H19F2N3O2. The molecule has 1 atom stereocenters. The third-order valence-corrected chi connectivity index (χ3v) is 3.63. The summed E-state index contributed by atoms with van der Waals surface area (Å²) >= 11 is 0. The summed E-state index contributed by atoms with van der Waals surface area (Å²) in [5.74, 6) is -2.27. The number of rotatable bonds is 2. The summed E-state index contributed by atoms with van der Waals surface area (Å²) in [6.07, 6.45) is 1.34. The van der Waals surface area contributed by atoms with Crippen LogP contribution in [0.1, 0.15) is 12.8 Å². The fraction of sp³-hybridized carbons (Fsp3) is 0.467. The van der Waals surface area contributed by atoms with E-state index >= 15 is 0 Å². The lowest BCUT2D eigenvalue weighted by Gasteiger charge is -2.33. The Morgan fingerprint density at radius 2 is 2.05 bits per heavy atom. The average molecular weight is 311 g/mol. The molecule has 0 bridgehead atoms. The number of benzene rings is 1. The van der Waals surface area contributed by atoms with Gasteiger partial charge in [0.05, 0.1) is 11.6 Å². The molecule has 0 saturated carbocycles. The fourth-order valence-corrected chi connectivity index (χ4v) is 2.47. The van der Waals surface area contributed by atoms with Crippen LogP contribution in [-0.2, 0) is 4.79 Å². The number of urea groups is 1.